The van der Waals surface area contributed by atoms with Crippen LogP contribution in [0.15, 0.2) is 0 Å². The Kier molecular flexibility index (Phi) is 4.78. The van der Waals surface area contributed by atoms with E-state index in [9.17, 15) is 14.4 Å². The van der Waals surface area contributed by atoms with Crippen LogP contribution < -0.4 is 10.6 Å². The van der Waals surface area contributed by atoms with Gasteiger partial charge in [-0.3, -0.25) is 9.59 Å². The molecule has 112 valence electrons. The maximum Gasteiger partial charge on any atom is 0.407 e. The van der Waals surface area contributed by atoms with E-state index in [4.69, 9.17) is 0 Å². The smallest absolute Gasteiger partial charge is 0.407 e. The summed E-state index contributed by atoms with van der Waals surface area (Å²) in [7, 11) is 1.29. The van der Waals surface area contributed by atoms with Crippen molar-refractivity contribution in [2.24, 2.45) is 0 Å². The molecule has 0 spiro atoms. The number of nitrogens with one attached hydrogen (secondary N) is 2. The summed E-state index contributed by atoms with van der Waals surface area (Å²) in [6.07, 6.45) is 0.119. The lowest BCUT2D eigenvalue weighted by Gasteiger charge is -2.28. The first kappa shape index (κ1) is 14.6. The molecule has 0 aliphatic carbocycles. The zero-order chi connectivity index (χ0) is 14.5. The molecular formula is C12H20N4O4. The lowest BCUT2D eigenvalue weighted by Crippen LogP contribution is -2.52. The molecular weight excluding hydrogens is 264 g/mol. The molecule has 2 aliphatic rings. The average molecular weight is 284 g/mol. The Morgan fingerprint density at radius 1 is 1.10 bits per heavy atom. The molecule has 0 aromatic heterocycles. The van der Waals surface area contributed by atoms with Crippen LogP contribution in [0, 0.1) is 0 Å². The van der Waals surface area contributed by atoms with E-state index in [2.05, 4.69) is 15.4 Å². The van der Waals surface area contributed by atoms with Gasteiger partial charge in [-0.05, 0) is 6.42 Å². The fourth-order valence-corrected chi connectivity index (χ4v) is 2.43. The maximum atomic E-state index is 12.1. The third kappa shape index (κ3) is 3.38. The number of amides is 3. The van der Waals surface area contributed by atoms with Crippen molar-refractivity contribution in [3.8, 4) is 0 Å². The van der Waals surface area contributed by atoms with Crippen molar-refractivity contribution < 1.29 is 19.1 Å². The number of alkyl carbamates (subject to hydrolysis) is 1. The van der Waals surface area contributed by atoms with Crippen molar-refractivity contribution in [1.82, 2.24) is 20.4 Å². The Bertz CT molecular complexity index is 395. The van der Waals surface area contributed by atoms with E-state index >= 15 is 0 Å². The lowest BCUT2D eigenvalue weighted by atomic mass is 10.3. The fourth-order valence-electron chi connectivity index (χ4n) is 2.43. The molecule has 1 atom stereocenters. The molecule has 0 saturated carbocycles. The number of piperazine rings is 1. The van der Waals surface area contributed by atoms with Gasteiger partial charge in [0.15, 0.2) is 0 Å². The molecule has 2 fully saturated rings. The third-order valence-corrected chi connectivity index (χ3v) is 3.57. The number of nitrogens with zero attached hydrogens (tertiary/aromatic N) is 2. The summed E-state index contributed by atoms with van der Waals surface area (Å²) in [6, 6.07) is -0.151. The van der Waals surface area contributed by atoms with Crippen LogP contribution in [-0.2, 0) is 14.3 Å². The van der Waals surface area contributed by atoms with Crippen molar-refractivity contribution in [3.63, 3.8) is 0 Å². The van der Waals surface area contributed by atoms with Gasteiger partial charge in [-0.2, -0.15) is 0 Å². The van der Waals surface area contributed by atoms with Crippen LogP contribution in [0.5, 0.6) is 0 Å². The van der Waals surface area contributed by atoms with Gasteiger partial charge in [-0.15, -0.1) is 0 Å². The minimum atomic E-state index is -0.516. The standard InChI is InChI=1S/C12H20N4O4/c1-20-12(19)14-9-2-5-16(8-9)11(18)10(17)15-6-3-13-4-7-15/h9,13H,2-8H2,1H3,(H,14,19). The lowest BCUT2D eigenvalue weighted by molar-refractivity contribution is -0.151. The van der Waals surface area contributed by atoms with Gasteiger partial charge in [-0.1, -0.05) is 0 Å². The second-order valence-electron chi connectivity index (χ2n) is 4.91. The van der Waals surface area contributed by atoms with E-state index in [1.807, 2.05) is 0 Å². The molecule has 0 aromatic rings. The third-order valence-electron chi connectivity index (χ3n) is 3.57. The molecule has 0 aromatic carbocycles. The molecule has 2 saturated heterocycles. The molecule has 0 radical (unpaired) electrons. The Labute approximate surface area is 117 Å². The van der Waals surface area contributed by atoms with Gasteiger partial charge in [0.2, 0.25) is 0 Å². The first-order valence-electron chi connectivity index (χ1n) is 6.75. The molecule has 1 unspecified atom stereocenters. The summed E-state index contributed by atoms with van der Waals surface area (Å²) in [5.74, 6) is -0.939. The SMILES string of the molecule is COC(=O)NC1CCN(C(=O)C(=O)N2CCNCC2)C1. The van der Waals surface area contributed by atoms with Crippen molar-refractivity contribution in [3.05, 3.63) is 0 Å². The summed E-state index contributed by atoms with van der Waals surface area (Å²) in [6.45, 7) is 3.37. The van der Waals surface area contributed by atoms with Crippen molar-refractivity contribution in [2.75, 3.05) is 46.4 Å². The summed E-state index contributed by atoms with van der Waals surface area (Å²) in [4.78, 5) is 38.3. The summed E-state index contributed by atoms with van der Waals surface area (Å²) < 4.78 is 4.51. The first-order valence-corrected chi connectivity index (χ1v) is 6.75. The first-order chi connectivity index (χ1) is 9.61. The number of hydrogen-bond acceptors (Lipinski definition) is 5. The quantitative estimate of drug-likeness (QED) is 0.565. The van der Waals surface area contributed by atoms with Gasteiger partial charge >= 0.3 is 17.9 Å². The maximum absolute atomic E-state index is 12.1. The monoisotopic (exact) mass is 284 g/mol. The Morgan fingerprint density at radius 3 is 2.40 bits per heavy atom. The topological polar surface area (TPSA) is 91.0 Å². The van der Waals surface area contributed by atoms with Gasteiger partial charge in [0.25, 0.3) is 0 Å². The minimum Gasteiger partial charge on any atom is -0.453 e. The molecule has 2 N–H and O–H groups in total. The van der Waals surface area contributed by atoms with E-state index in [1.165, 1.54) is 12.0 Å². The second kappa shape index (κ2) is 6.56. The van der Waals surface area contributed by atoms with Crippen LogP contribution in [-0.4, -0.2) is 80.1 Å². The molecule has 8 nitrogen and oxygen atoms in total. The zero-order valence-electron chi connectivity index (χ0n) is 11.6. The van der Waals surface area contributed by atoms with Gasteiger partial charge in [-0.25, -0.2) is 4.79 Å². The molecule has 2 rings (SSSR count). The number of carbonyl (C=O) groups is 3. The van der Waals surface area contributed by atoms with Gasteiger partial charge in [0.05, 0.1) is 13.2 Å². The highest BCUT2D eigenvalue weighted by molar-refractivity contribution is 6.35. The van der Waals surface area contributed by atoms with E-state index in [-0.39, 0.29) is 6.04 Å². The molecule has 0 bridgehead atoms. The van der Waals surface area contributed by atoms with Gasteiger partial charge < -0.3 is 25.2 Å². The van der Waals surface area contributed by atoms with Crippen LogP contribution >= 0.6 is 0 Å². The van der Waals surface area contributed by atoms with E-state index in [1.54, 1.807) is 4.90 Å². The molecule has 20 heavy (non-hydrogen) atoms. The van der Waals surface area contributed by atoms with E-state index < -0.39 is 17.9 Å². The summed E-state index contributed by atoms with van der Waals surface area (Å²) in [5.41, 5.74) is 0. The van der Waals surface area contributed by atoms with Crippen LogP contribution in [0.3, 0.4) is 0 Å². The highest BCUT2D eigenvalue weighted by Gasteiger charge is 2.33. The van der Waals surface area contributed by atoms with Crippen LogP contribution in [0.1, 0.15) is 6.42 Å². The highest BCUT2D eigenvalue weighted by atomic mass is 16.5. The van der Waals surface area contributed by atoms with Crippen LogP contribution in [0.2, 0.25) is 0 Å². The summed E-state index contributed by atoms with van der Waals surface area (Å²) in [5, 5.41) is 5.77. The van der Waals surface area contributed by atoms with E-state index in [0.717, 1.165) is 0 Å². The number of ether oxygens (including phenoxy) is 1. The van der Waals surface area contributed by atoms with Gasteiger partial charge in [0.1, 0.15) is 0 Å². The molecule has 2 aliphatic heterocycles. The number of likely N-dealkylation sites (tertiary alicyclic amines) is 1. The highest BCUT2D eigenvalue weighted by Crippen LogP contribution is 2.11. The number of methoxy groups -OCH3 is 1. The number of carbonyl (C=O) groups excluding carboxylic acids is 3. The van der Waals surface area contributed by atoms with Crippen LogP contribution in [0.4, 0.5) is 4.79 Å². The predicted molar refractivity (Wildman–Crippen MR) is 70.0 cm³/mol. The van der Waals surface area contributed by atoms with Crippen LogP contribution in [0.25, 0.3) is 0 Å². The van der Waals surface area contributed by atoms with Gasteiger partial charge in [0, 0.05) is 39.3 Å². The minimum absolute atomic E-state index is 0.151. The fraction of sp³-hybridized carbons (Fsp3) is 0.750. The molecule has 3 amide bonds. The van der Waals surface area contributed by atoms with Crippen molar-refractivity contribution in [1.29, 1.82) is 0 Å². The van der Waals surface area contributed by atoms with Crippen molar-refractivity contribution >= 4 is 17.9 Å². The number of hydrogen-bond donors (Lipinski definition) is 2. The average Bonchev–Trinajstić information content (AvgIpc) is 2.95. The second-order valence-corrected chi connectivity index (χ2v) is 4.91. The molecule has 2 heterocycles. The van der Waals surface area contributed by atoms with E-state index in [0.29, 0.717) is 45.7 Å². The number of rotatable bonds is 1. The van der Waals surface area contributed by atoms with Crippen molar-refractivity contribution in [2.45, 2.75) is 12.5 Å². The molecule has 8 heteroatoms. The zero-order valence-corrected chi connectivity index (χ0v) is 11.6. The predicted octanol–water partition coefficient (Wildman–Crippen LogP) is -1.62. The summed E-state index contributed by atoms with van der Waals surface area (Å²) >= 11 is 0. The Hall–Kier alpha value is -1.83. The Morgan fingerprint density at radius 2 is 1.75 bits per heavy atom. The Balaban J connectivity index is 1.84. The largest absolute Gasteiger partial charge is 0.453 e. The normalized spacial score (nSPS) is 22.6.